The predicted molar refractivity (Wildman–Crippen MR) is 75.4 cm³/mol. The summed E-state index contributed by atoms with van der Waals surface area (Å²) in [4.78, 5) is 0. The van der Waals surface area contributed by atoms with E-state index in [1.54, 1.807) is 11.8 Å². The van der Waals surface area contributed by atoms with E-state index < -0.39 is 6.17 Å². The van der Waals surface area contributed by atoms with Crippen LogP contribution in [0.1, 0.15) is 12.5 Å². The van der Waals surface area contributed by atoms with E-state index in [1.807, 2.05) is 18.3 Å². The molecule has 0 amide bonds. The van der Waals surface area contributed by atoms with Gasteiger partial charge in [-0.1, -0.05) is 0 Å². The molecule has 0 bridgehead atoms. The molecule has 4 nitrogen and oxygen atoms in total. The van der Waals surface area contributed by atoms with E-state index in [0.29, 0.717) is 6.54 Å². The van der Waals surface area contributed by atoms with Crippen LogP contribution in [0.15, 0.2) is 22.8 Å². The number of benzene rings is 1. The second-order valence-electron chi connectivity index (χ2n) is 4.73. The van der Waals surface area contributed by atoms with E-state index in [0.717, 1.165) is 34.1 Å². The number of aromatic nitrogens is 2. The molecule has 1 fully saturated rings. The Labute approximate surface area is 119 Å². The van der Waals surface area contributed by atoms with E-state index in [2.05, 4.69) is 26.3 Å². The number of alkyl halides is 1. The molecular formula is C13H15BrFN3O. The Kier molecular flexibility index (Phi) is 3.45. The number of piperidine rings is 1. The van der Waals surface area contributed by atoms with Gasteiger partial charge in [0.2, 0.25) is 0 Å². The topological polar surface area (TPSA) is 39.1 Å². The first-order valence-electron chi connectivity index (χ1n) is 6.26. The van der Waals surface area contributed by atoms with Gasteiger partial charge in [0.15, 0.2) is 0 Å². The molecule has 19 heavy (non-hydrogen) atoms. The summed E-state index contributed by atoms with van der Waals surface area (Å²) in [5.74, 6) is 0.736. The third-order valence-corrected chi connectivity index (χ3v) is 4.13. The number of nitrogens with zero attached hydrogens (tertiary/aromatic N) is 2. The lowest BCUT2D eigenvalue weighted by Crippen LogP contribution is -2.39. The Hall–Kier alpha value is -1.14. The number of halogens is 2. The zero-order valence-electron chi connectivity index (χ0n) is 10.6. The van der Waals surface area contributed by atoms with E-state index in [1.165, 1.54) is 0 Å². The summed E-state index contributed by atoms with van der Waals surface area (Å²) in [5.41, 5.74) is 0.825. The second-order valence-corrected chi connectivity index (χ2v) is 5.59. The van der Waals surface area contributed by atoms with Gasteiger partial charge in [-0.3, -0.25) is 4.68 Å². The molecule has 1 aromatic heterocycles. The lowest BCUT2D eigenvalue weighted by molar-refractivity contribution is 0.174. The number of ether oxygens (including phenoxy) is 1. The highest BCUT2D eigenvalue weighted by atomic mass is 79.9. The van der Waals surface area contributed by atoms with E-state index >= 15 is 0 Å². The summed E-state index contributed by atoms with van der Waals surface area (Å²) in [6.07, 6.45) is 1.77. The molecule has 102 valence electrons. The average molecular weight is 328 g/mol. The maximum Gasteiger partial charge on any atom is 0.135 e. The minimum absolute atomic E-state index is 0.182. The number of hydrogen-bond acceptors (Lipinski definition) is 3. The SMILES string of the molecule is COc1cc2nn(C3CCNCC3F)cc2cc1Br. The van der Waals surface area contributed by atoms with Crippen molar-refractivity contribution in [3.05, 3.63) is 22.8 Å². The summed E-state index contributed by atoms with van der Waals surface area (Å²) >= 11 is 3.45. The van der Waals surface area contributed by atoms with Gasteiger partial charge in [0.1, 0.15) is 11.9 Å². The van der Waals surface area contributed by atoms with Crippen LogP contribution in [0, 0.1) is 0 Å². The summed E-state index contributed by atoms with van der Waals surface area (Å²) in [6.45, 7) is 1.22. The lowest BCUT2D eigenvalue weighted by atomic mass is 10.1. The standard InChI is InChI=1S/C13H15BrFN3O/c1-19-13-5-11-8(4-9(13)14)7-18(17-11)12-2-3-16-6-10(12)15/h4-5,7,10,12,16H,2-3,6H2,1H3. The van der Waals surface area contributed by atoms with Gasteiger partial charge < -0.3 is 10.1 Å². The molecule has 1 saturated heterocycles. The van der Waals surface area contributed by atoms with Crippen LogP contribution in [0.4, 0.5) is 4.39 Å². The molecule has 1 aliphatic rings. The molecule has 1 aliphatic heterocycles. The molecule has 1 N–H and O–H groups in total. The van der Waals surface area contributed by atoms with E-state index in [9.17, 15) is 4.39 Å². The van der Waals surface area contributed by atoms with Crippen LogP contribution < -0.4 is 10.1 Å². The van der Waals surface area contributed by atoms with Gasteiger partial charge in [0, 0.05) is 24.2 Å². The summed E-state index contributed by atoms with van der Waals surface area (Å²) in [7, 11) is 1.62. The van der Waals surface area contributed by atoms with Crippen LogP contribution in [0.5, 0.6) is 5.75 Å². The first-order chi connectivity index (χ1) is 9.19. The van der Waals surface area contributed by atoms with Gasteiger partial charge in [-0.25, -0.2) is 4.39 Å². The Morgan fingerprint density at radius 1 is 1.53 bits per heavy atom. The fourth-order valence-corrected chi connectivity index (χ4v) is 3.00. The number of nitrogens with one attached hydrogen (secondary N) is 1. The third-order valence-electron chi connectivity index (χ3n) is 3.51. The van der Waals surface area contributed by atoms with Crippen LogP contribution >= 0.6 is 15.9 Å². The van der Waals surface area contributed by atoms with Crippen molar-refractivity contribution in [1.82, 2.24) is 15.1 Å². The van der Waals surface area contributed by atoms with Crippen molar-refractivity contribution >= 4 is 26.8 Å². The maximum atomic E-state index is 13.9. The quantitative estimate of drug-likeness (QED) is 0.921. The van der Waals surface area contributed by atoms with Crippen LogP contribution in [0.25, 0.3) is 10.9 Å². The monoisotopic (exact) mass is 327 g/mol. The number of hydrogen-bond donors (Lipinski definition) is 1. The number of fused-ring (bicyclic) bond motifs is 1. The zero-order chi connectivity index (χ0) is 13.4. The Bertz CT molecular complexity index is 601. The van der Waals surface area contributed by atoms with Crippen LogP contribution in [0.2, 0.25) is 0 Å². The van der Waals surface area contributed by atoms with Crippen molar-refractivity contribution in [2.75, 3.05) is 20.2 Å². The maximum absolute atomic E-state index is 13.9. The fourth-order valence-electron chi connectivity index (χ4n) is 2.47. The molecule has 2 heterocycles. The van der Waals surface area contributed by atoms with E-state index in [-0.39, 0.29) is 6.04 Å². The molecule has 2 unspecified atom stereocenters. The van der Waals surface area contributed by atoms with Gasteiger partial charge >= 0.3 is 0 Å². The van der Waals surface area contributed by atoms with Crippen molar-refractivity contribution in [1.29, 1.82) is 0 Å². The highest BCUT2D eigenvalue weighted by molar-refractivity contribution is 9.10. The van der Waals surface area contributed by atoms with Gasteiger partial charge in [-0.2, -0.15) is 5.10 Å². The minimum atomic E-state index is -0.895. The molecule has 0 aliphatic carbocycles. The molecule has 0 saturated carbocycles. The Balaban J connectivity index is 2.01. The summed E-state index contributed by atoms with van der Waals surface area (Å²) < 4.78 is 21.8. The first kappa shape index (κ1) is 12.9. The fraction of sp³-hybridized carbons (Fsp3) is 0.462. The van der Waals surface area contributed by atoms with E-state index in [4.69, 9.17) is 4.74 Å². The molecule has 0 radical (unpaired) electrons. The van der Waals surface area contributed by atoms with Gasteiger partial charge in [0.05, 0.1) is 23.1 Å². The Morgan fingerprint density at radius 2 is 2.37 bits per heavy atom. The van der Waals surface area contributed by atoms with Gasteiger partial charge in [-0.05, 0) is 35.0 Å². The number of methoxy groups -OCH3 is 1. The van der Waals surface area contributed by atoms with Crippen molar-refractivity contribution < 1.29 is 9.13 Å². The van der Waals surface area contributed by atoms with Crippen LogP contribution in [-0.2, 0) is 0 Å². The first-order valence-corrected chi connectivity index (χ1v) is 7.05. The van der Waals surface area contributed by atoms with Crippen molar-refractivity contribution in [2.45, 2.75) is 18.6 Å². The molecule has 3 rings (SSSR count). The van der Waals surface area contributed by atoms with Crippen molar-refractivity contribution in [3.8, 4) is 5.75 Å². The molecule has 2 atom stereocenters. The molecular weight excluding hydrogens is 313 g/mol. The lowest BCUT2D eigenvalue weighted by Gasteiger charge is -2.26. The third kappa shape index (κ3) is 2.34. The van der Waals surface area contributed by atoms with Crippen molar-refractivity contribution in [3.63, 3.8) is 0 Å². The molecule has 1 aromatic carbocycles. The smallest absolute Gasteiger partial charge is 0.135 e. The van der Waals surface area contributed by atoms with Gasteiger partial charge in [-0.15, -0.1) is 0 Å². The summed E-state index contributed by atoms with van der Waals surface area (Å²) in [6, 6.07) is 3.63. The van der Waals surface area contributed by atoms with Crippen LogP contribution in [-0.4, -0.2) is 36.2 Å². The zero-order valence-corrected chi connectivity index (χ0v) is 12.2. The molecule has 2 aromatic rings. The number of rotatable bonds is 2. The normalized spacial score (nSPS) is 23.7. The summed E-state index contributed by atoms with van der Waals surface area (Å²) in [5, 5.41) is 8.52. The largest absolute Gasteiger partial charge is 0.495 e. The highest BCUT2D eigenvalue weighted by Crippen LogP contribution is 2.31. The predicted octanol–water partition coefficient (Wildman–Crippen LogP) is 2.68. The highest BCUT2D eigenvalue weighted by Gasteiger charge is 2.27. The van der Waals surface area contributed by atoms with Crippen LogP contribution in [0.3, 0.4) is 0 Å². The minimum Gasteiger partial charge on any atom is -0.495 e. The average Bonchev–Trinajstić information content (AvgIpc) is 2.80. The van der Waals surface area contributed by atoms with Gasteiger partial charge in [0.25, 0.3) is 0 Å². The molecule has 0 spiro atoms. The second kappa shape index (κ2) is 5.09. The van der Waals surface area contributed by atoms with Crippen molar-refractivity contribution in [2.24, 2.45) is 0 Å². The Morgan fingerprint density at radius 3 is 3.11 bits per heavy atom. The molecule has 6 heteroatoms.